The van der Waals surface area contributed by atoms with E-state index in [2.05, 4.69) is 9.97 Å². The average Bonchev–Trinajstić information content (AvgIpc) is 3.37. The summed E-state index contributed by atoms with van der Waals surface area (Å²) < 4.78 is 68.0. The highest BCUT2D eigenvalue weighted by Gasteiger charge is 2.24. The van der Waals surface area contributed by atoms with Crippen molar-refractivity contribution in [2.24, 2.45) is 0 Å². The van der Waals surface area contributed by atoms with Crippen LogP contribution < -0.4 is 9.47 Å². The van der Waals surface area contributed by atoms with Crippen LogP contribution in [0.1, 0.15) is 47.7 Å². The SMILES string of the molecule is CC.COC(=O)c1ccc2nc(Cc3cc(F)c(Oc4ccnc(COc5ccc(Cl)cc5F)c4)cc3F)n(CC3CCO3)c2c1. The number of aromatic nitrogens is 3. The number of fused-ring (bicyclic) bond motifs is 1. The third-order valence-electron chi connectivity index (χ3n) is 7.16. The molecule has 1 fully saturated rings. The molecule has 12 heteroatoms. The maximum Gasteiger partial charge on any atom is 0.337 e. The molecule has 1 unspecified atom stereocenters. The number of hydrogen-bond acceptors (Lipinski definition) is 7. The molecule has 3 aromatic carbocycles. The van der Waals surface area contributed by atoms with Gasteiger partial charge in [-0.25, -0.2) is 22.9 Å². The number of carbonyl (C=O) groups excluding carboxylic acids is 1. The number of imidazole rings is 1. The smallest absolute Gasteiger partial charge is 0.337 e. The maximum atomic E-state index is 15.4. The molecule has 0 radical (unpaired) electrons. The van der Waals surface area contributed by atoms with E-state index < -0.39 is 23.4 Å². The van der Waals surface area contributed by atoms with E-state index in [9.17, 15) is 9.18 Å². The molecule has 1 aliphatic heterocycles. The third-order valence-corrected chi connectivity index (χ3v) is 7.40. The minimum absolute atomic E-state index is 0.0103. The summed E-state index contributed by atoms with van der Waals surface area (Å²) in [4.78, 5) is 20.9. The number of hydrogen-bond donors (Lipinski definition) is 0. The minimum Gasteiger partial charge on any atom is -0.484 e. The fraction of sp³-hybridized carbons (Fsp3) is 0.265. The fourth-order valence-corrected chi connectivity index (χ4v) is 4.97. The van der Waals surface area contributed by atoms with Crippen molar-refractivity contribution in [3.63, 3.8) is 0 Å². The zero-order chi connectivity index (χ0) is 32.8. The molecule has 2 aromatic heterocycles. The molecule has 1 aliphatic rings. The molecule has 0 saturated carbocycles. The molecule has 5 aromatic rings. The van der Waals surface area contributed by atoms with Gasteiger partial charge >= 0.3 is 5.97 Å². The first-order chi connectivity index (χ1) is 22.3. The zero-order valence-corrected chi connectivity index (χ0v) is 26.1. The van der Waals surface area contributed by atoms with E-state index in [-0.39, 0.29) is 47.0 Å². The van der Waals surface area contributed by atoms with Crippen molar-refractivity contribution in [3.05, 3.63) is 112 Å². The molecule has 0 spiro atoms. The number of methoxy groups -OCH3 is 1. The molecule has 46 heavy (non-hydrogen) atoms. The van der Waals surface area contributed by atoms with Crippen molar-refractivity contribution in [1.29, 1.82) is 0 Å². The molecular formula is C34H31ClF3N3O5. The van der Waals surface area contributed by atoms with Gasteiger partial charge in [-0.05, 0) is 60.5 Å². The first-order valence-corrected chi connectivity index (χ1v) is 15.0. The number of rotatable bonds is 10. The molecule has 0 N–H and O–H groups in total. The Kier molecular flexibility index (Phi) is 10.4. The van der Waals surface area contributed by atoms with Gasteiger partial charge in [0, 0.05) is 36.4 Å². The highest BCUT2D eigenvalue weighted by molar-refractivity contribution is 6.30. The average molecular weight is 654 g/mol. The van der Waals surface area contributed by atoms with Gasteiger partial charge < -0.3 is 23.5 Å². The number of pyridine rings is 1. The lowest BCUT2D eigenvalue weighted by Gasteiger charge is -2.27. The lowest BCUT2D eigenvalue weighted by atomic mass is 10.1. The molecule has 3 heterocycles. The van der Waals surface area contributed by atoms with Crippen LogP contribution in [0.15, 0.2) is 66.9 Å². The second kappa shape index (κ2) is 14.7. The van der Waals surface area contributed by atoms with Gasteiger partial charge in [0.15, 0.2) is 23.1 Å². The largest absolute Gasteiger partial charge is 0.484 e. The van der Waals surface area contributed by atoms with Crippen LogP contribution >= 0.6 is 11.6 Å². The number of esters is 1. The van der Waals surface area contributed by atoms with Crippen LogP contribution in [0, 0.1) is 17.5 Å². The fourth-order valence-electron chi connectivity index (χ4n) is 4.81. The predicted molar refractivity (Wildman–Crippen MR) is 166 cm³/mol. The van der Waals surface area contributed by atoms with Gasteiger partial charge in [-0.3, -0.25) is 4.98 Å². The van der Waals surface area contributed by atoms with Gasteiger partial charge in [0.05, 0.1) is 42.0 Å². The van der Waals surface area contributed by atoms with E-state index in [0.717, 1.165) is 24.6 Å². The summed E-state index contributed by atoms with van der Waals surface area (Å²) in [6.45, 7) is 4.99. The van der Waals surface area contributed by atoms with E-state index in [1.165, 1.54) is 37.6 Å². The second-order valence-electron chi connectivity index (χ2n) is 10.1. The molecule has 1 saturated heterocycles. The van der Waals surface area contributed by atoms with Crippen molar-refractivity contribution in [3.8, 4) is 17.2 Å². The molecule has 1 atom stereocenters. The highest BCUT2D eigenvalue weighted by atomic mass is 35.5. The van der Waals surface area contributed by atoms with Gasteiger partial charge in [-0.2, -0.15) is 0 Å². The number of nitrogens with zero attached hydrogens (tertiary/aromatic N) is 3. The van der Waals surface area contributed by atoms with Crippen molar-refractivity contribution >= 4 is 28.6 Å². The Balaban J connectivity index is 0.00000204. The summed E-state index contributed by atoms with van der Waals surface area (Å²) in [7, 11) is 1.30. The quantitative estimate of drug-likeness (QED) is 0.141. The van der Waals surface area contributed by atoms with Crippen molar-refractivity contribution in [2.45, 2.75) is 45.9 Å². The topological polar surface area (TPSA) is 84.7 Å². The minimum atomic E-state index is -0.780. The Bertz CT molecular complexity index is 1860. The van der Waals surface area contributed by atoms with Crippen LogP contribution in [0.2, 0.25) is 5.02 Å². The number of carbonyl (C=O) groups is 1. The standard InChI is InChI=1S/C32H25ClF3N3O5.C2H6/c1-41-32(40)18-2-4-27-28(11-18)39(16-23-7-9-42-23)31(38-27)12-19-10-25(35)30(15-24(19)34)44-22-6-8-37-21(14-22)17-43-29-5-3-20(33)13-26(29)36;1-2/h2-6,8,10-11,13-15,23H,7,9,12,16-17H2,1H3;1-2H3. The lowest BCUT2D eigenvalue weighted by Crippen LogP contribution is -2.31. The third kappa shape index (κ3) is 7.43. The molecule has 8 nitrogen and oxygen atoms in total. The van der Waals surface area contributed by atoms with Crippen LogP contribution in [0.3, 0.4) is 0 Å². The normalized spacial score (nSPS) is 13.8. The van der Waals surface area contributed by atoms with Crippen molar-refractivity contribution < 1.29 is 36.9 Å². The lowest BCUT2D eigenvalue weighted by molar-refractivity contribution is -0.0589. The van der Waals surface area contributed by atoms with Gasteiger partial charge in [0.1, 0.15) is 24.0 Å². The van der Waals surface area contributed by atoms with Gasteiger partial charge in [0.25, 0.3) is 0 Å². The van der Waals surface area contributed by atoms with E-state index in [1.807, 2.05) is 18.4 Å². The molecule has 0 amide bonds. The van der Waals surface area contributed by atoms with Gasteiger partial charge in [0.2, 0.25) is 0 Å². The van der Waals surface area contributed by atoms with Gasteiger partial charge in [-0.1, -0.05) is 25.4 Å². The zero-order valence-electron chi connectivity index (χ0n) is 25.4. The molecular weight excluding hydrogens is 623 g/mol. The van der Waals surface area contributed by atoms with E-state index in [1.54, 1.807) is 18.2 Å². The van der Waals surface area contributed by atoms with Crippen molar-refractivity contribution in [1.82, 2.24) is 14.5 Å². The Labute approximate surface area is 268 Å². The molecule has 0 aliphatic carbocycles. The maximum absolute atomic E-state index is 15.4. The van der Waals surface area contributed by atoms with E-state index in [4.69, 9.17) is 30.5 Å². The second-order valence-corrected chi connectivity index (χ2v) is 10.6. The predicted octanol–water partition coefficient (Wildman–Crippen LogP) is 8.07. The number of ether oxygens (including phenoxy) is 4. The van der Waals surface area contributed by atoms with Crippen LogP contribution in [0.5, 0.6) is 17.2 Å². The Morgan fingerprint density at radius 2 is 1.78 bits per heavy atom. The Morgan fingerprint density at radius 1 is 1.00 bits per heavy atom. The summed E-state index contributed by atoms with van der Waals surface area (Å²) in [5.74, 6) is -2.25. The highest BCUT2D eigenvalue weighted by Crippen LogP contribution is 2.30. The first kappa shape index (κ1) is 32.8. The van der Waals surface area contributed by atoms with Crippen LogP contribution in [0.4, 0.5) is 13.2 Å². The van der Waals surface area contributed by atoms with E-state index >= 15 is 8.78 Å². The number of benzene rings is 3. The van der Waals surface area contributed by atoms with Crippen LogP contribution in [-0.2, 0) is 29.0 Å². The Morgan fingerprint density at radius 3 is 2.50 bits per heavy atom. The summed E-state index contributed by atoms with van der Waals surface area (Å²) in [6, 6.07) is 14.0. The van der Waals surface area contributed by atoms with Crippen LogP contribution in [-0.4, -0.2) is 40.3 Å². The molecule has 0 bridgehead atoms. The van der Waals surface area contributed by atoms with Crippen molar-refractivity contribution in [2.75, 3.05) is 13.7 Å². The van der Waals surface area contributed by atoms with Gasteiger partial charge in [-0.15, -0.1) is 0 Å². The summed E-state index contributed by atoms with van der Waals surface area (Å²) in [6.07, 6.45) is 2.20. The first-order valence-electron chi connectivity index (χ1n) is 14.6. The number of halogens is 4. The summed E-state index contributed by atoms with van der Waals surface area (Å²) in [5, 5.41) is 0.236. The summed E-state index contributed by atoms with van der Waals surface area (Å²) >= 11 is 5.77. The monoisotopic (exact) mass is 653 g/mol. The summed E-state index contributed by atoms with van der Waals surface area (Å²) in [5.41, 5.74) is 2.06. The molecule has 6 rings (SSSR count). The molecule has 240 valence electrons. The van der Waals surface area contributed by atoms with Crippen LogP contribution in [0.25, 0.3) is 11.0 Å². The van der Waals surface area contributed by atoms with E-state index in [0.29, 0.717) is 41.3 Å². The Hall–Kier alpha value is -4.61.